The number of rotatable bonds is 5. The number of hydrogen-bond donors (Lipinski definition) is 1. The fraction of sp³-hybridized carbons (Fsp3) is 0.250. The number of piperazine rings is 1. The van der Waals surface area contributed by atoms with E-state index in [1.165, 1.54) is 25.3 Å². The summed E-state index contributed by atoms with van der Waals surface area (Å²) < 4.78 is 40.1. The topological polar surface area (TPSA) is 100 Å². The van der Waals surface area contributed by atoms with Crippen LogP contribution in [0.5, 0.6) is 0 Å². The molecule has 2 aromatic heterocycles. The molecular formula is C24H20F3N5O3. The van der Waals surface area contributed by atoms with Crippen molar-refractivity contribution >= 4 is 17.6 Å². The zero-order valence-electron chi connectivity index (χ0n) is 18.6. The quantitative estimate of drug-likeness (QED) is 0.556. The average molecular weight is 483 g/mol. The minimum Gasteiger partial charge on any atom is -0.352 e. The zero-order chi connectivity index (χ0) is 25.2. The van der Waals surface area contributed by atoms with E-state index in [2.05, 4.69) is 10.3 Å². The second kappa shape index (κ2) is 9.60. The maximum Gasteiger partial charge on any atom is 0.493 e. The molecule has 1 N–H and O–H groups in total. The van der Waals surface area contributed by atoms with E-state index in [1.807, 2.05) is 6.07 Å². The lowest BCUT2D eigenvalue weighted by Gasteiger charge is -2.30. The SMILES string of the molecule is CC(=O)c1cccc(-c2cc(-c3cc(C#N)c(N4CCNCC4)n3OC(=O)C(F)(F)F)ccn2)c1. The van der Waals surface area contributed by atoms with Crippen molar-refractivity contribution in [2.45, 2.75) is 13.1 Å². The summed E-state index contributed by atoms with van der Waals surface area (Å²) in [5.41, 5.74) is 2.06. The van der Waals surface area contributed by atoms with E-state index in [0.717, 1.165) is 4.73 Å². The van der Waals surface area contributed by atoms with Gasteiger partial charge in [0.2, 0.25) is 0 Å². The van der Waals surface area contributed by atoms with E-state index in [9.17, 15) is 28.0 Å². The molecule has 0 spiro atoms. The highest BCUT2D eigenvalue weighted by Crippen LogP contribution is 2.33. The molecule has 1 saturated heterocycles. The van der Waals surface area contributed by atoms with Crippen LogP contribution in [-0.4, -0.2) is 53.8 Å². The molecule has 0 unspecified atom stereocenters. The molecule has 0 aliphatic carbocycles. The molecule has 0 amide bonds. The summed E-state index contributed by atoms with van der Waals surface area (Å²) >= 11 is 0. The Labute approximate surface area is 198 Å². The minimum atomic E-state index is -5.23. The van der Waals surface area contributed by atoms with E-state index in [0.29, 0.717) is 48.6 Å². The van der Waals surface area contributed by atoms with Gasteiger partial charge in [0.05, 0.1) is 17.0 Å². The van der Waals surface area contributed by atoms with Crippen molar-refractivity contribution in [3.05, 3.63) is 59.8 Å². The number of carbonyl (C=O) groups is 2. The minimum absolute atomic E-state index is 0.0637. The molecule has 35 heavy (non-hydrogen) atoms. The molecule has 1 aromatic carbocycles. The van der Waals surface area contributed by atoms with E-state index < -0.39 is 12.1 Å². The molecule has 0 bridgehead atoms. The van der Waals surface area contributed by atoms with Crippen LogP contribution in [0, 0.1) is 11.3 Å². The number of nitrogens with zero attached hydrogens (tertiary/aromatic N) is 4. The summed E-state index contributed by atoms with van der Waals surface area (Å²) in [6.07, 6.45) is -3.78. The number of nitriles is 1. The van der Waals surface area contributed by atoms with Crippen LogP contribution in [0.4, 0.5) is 19.0 Å². The van der Waals surface area contributed by atoms with Gasteiger partial charge in [0.15, 0.2) is 11.6 Å². The summed E-state index contributed by atoms with van der Waals surface area (Å²) in [4.78, 5) is 34.4. The van der Waals surface area contributed by atoms with E-state index in [1.54, 1.807) is 35.2 Å². The third-order valence-corrected chi connectivity index (χ3v) is 5.50. The highest BCUT2D eigenvalue weighted by atomic mass is 19.4. The van der Waals surface area contributed by atoms with E-state index in [-0.39, 0.29) is 22.9 Å². The third-order valence-electron chi connectivity index (χ3n) is 5.50. The van der Waals surface area contributed by atoms with Crippen molar-refractivity contribution in [1.29, 1.82) is 5.26 Å². The Morgan fingerprint density at radius 2 is 1.86 bits per heavy atom. The van der Waals surface area contributed by atoms with Crippen LogP contribution in [-0.2, 0) is 4.79 Å². The van der Waals surface area contributed by atoms with Crippen molar-refractivity contribution < 1.29 is 27.6 Å². The Morgan fingerprint density at radius 1 is 1.11 bits per heavy atom. The first-order chi connectivity index (χ1) is 16.7. The average Bonchev–Trinajstić information content (AvgIpc) is 3.22. The van der Waals surface area contributed by atoms with Gasteiger partial charge in [-0.15, -0.1) is 0 Å². The number of aromatic nitrogens is 2. The van der Waals surface area contributed by atoms with Gasteiger partial charge in [0.1, 0.15) is 6.07 Å². The maximum absolute atomic E-state index is 13.1. The van der Waals surface area contributed by atoms with Gasteiger partial charge in [-0.2, -0.15) is 23.2 Å². The van der Waals surface area contributed by atoms with Crippen LogP contribution < -0.4 is 15.1 Å². The Morgan fingerprint density at radius 3 is 2.51 bits per heavy atom. The third kappa shape index (κ3) is 5.02. The Kier molecular flexibility index (Phi) is 6.57. The second-order valence-corrected chi connectivity index (χ2v) is 7.85. The number of pyridine rings is 1. The number of benzene rings is 1. The Balaban J connectivity index is 1.85. The Bertz CT molecular complexity index is 1320. The first-order valence-corrected chi connectivity index (χ1v) is 10.7. The monoisotopic (exact) mass is 483 g/mol. The van der Waals surface area contributed by atoms with Crippen molar-refractivity contribution in [1.82, 2.24) is 15.0 Å². The van der Waals surface area contributed by atoms with Gasteiger partial charge in [-0.05, 0) is 31.2 Å². The van der Waals surface area contributed by atoms with Crippen LogP contribution >= 0.6 is 0 Å². The summed E-state index contributed by atoms with van der Waals surface area (Å²) in [6.45, 7) is 3.34. The molecule has 1 aliphatic heterocycles. The molecule has 0 saturated carbocycles. The van der Waals surface area contributed by atoms with Gasteiger partial charge in [0.25, 0.3) is 0 Å². The van der Waals surface area contributed by atoms with Gasteiger partial charge in [-0.25, -0.2) is 4.79 Å². The fourth-order valence-electron chi connectivity index (χ4n) is 3.81. The smallest absolute Gasteiger partial charge is 0.352 e. The van der Waals surface area contributed by atoms with Gasteiger partial charge in [-0.1, -0.05) is 18.2 Å². The lowest BCUT2D eigenvalue weighted by atomic mass is 10.0. The summed E-state index contributed by atoms with van der Waals surface area (Å²) in [5, 5.41) is 12.9. The van der Waals surface area contributed by atoms with Gasteiger partial charge >= 0.3 is 12.1 Å². The van der Waals surface area contributed by atoms with Gasteiger partial charge in [0, 0.05) is 49.1 Å². The molecule has 8 nitrogen and oxygen atoms in total. The lowest BCUT2D eigenvalue weighted by molar-refractivity contribution is -0.199. The molecule has 3 heterocycles. The molecule has 3 aromatic rings. The maximum atomic E-state index is 13.1. The summed E-state index contributed by atoms with van der Waals surface area (Å²) in [6, 6.07) is 13.3. The predicted octanol–water partition coefficient (Wildman–Crippen LogP) is 3.22. The van der Waals surface area contributed by atoms with Gasteiger partial charge < -0.3 is 15.1 Å². The van der Waals surface area contributed by atoms with Crippen LogP contribution in [0.15, 0.2) is 48.7 Å². The van der Waals surface area contributed by atoms with Crippen molar-refractivity contribution in [3.8, 4) is 28.6 Å². The molecule has 0 atom stereocenters. The van der Waals surface area contributed by atoms with Gasteiger partial charge in [-0.3, -0.25) is 9.78 Å². The number of anilines is 1. The molecule has 0 radical (unpaired) electrons. The molecule has 4 rings (SSSR count). The standard InChI is InChI=1S/C24H20F3N5O3/c1-15(33)16-3-2-4-17(11-16)20-12-18(5-6-30-20)21-13-19(14-28)22(31-9-7-29-8-10-31)32(21)35-23(34)24(25,26)27/h2-6,11-13,29H,7-10H2,1H3. The number of alkyl halides is 3. The van der Waals surface area contributed by atoms with Crippen LogP contribution in [0.2, 0.25) is 0 Å². The van der Waals surface area contributed by atoms with Crippen LogP contribution in [0.1, 0.15) is 22.8 Å². The normalized spacial score (nSPS) is 13.9. The number of nitrogens with one attached hydrogen (secondary N) is 1. The molecule has 1 fully saturated rings. The first kappa shape index (κ1) is 24.0. The summed E-state index contributed by atoms with van der Waals surface area (Å²) in [5.74, 6) is -2.47. The summed E-state index contributed by atoms with van der Waals surface area (Å²) in [7, 11) is 0. The van der Waals surface area contributed by atoms with Crippen LogP contribution in [0.25, 0.3) is 22.5 Å². The first-order valence-electron chi connectivity index (χ1n) is 10.7. The number of halogens is 3. The van der Waals surface area contributed by atoms with Crippen molar-refractivity contribution in [2.24, 2.45) is 0 Å². The van der Waals surface area contributed by atoms with E-state index in [4.69, 9.17) is 4.84 Å². The number of Topliss-reactive ketones (excluding diaryl/α,β-unsaturated/α-hetero) is 1. The highest BCUT2D eigenvalue weighted by Gasteiger charge is 2.43. The van der Waals surface area contributed by atoms with Crippen LogP contribution in [0.3, 0.4) is 0 Å². The molecular weight excluding hydrogens is 463 g/mol. The fourth-order valence-corrected chi connectivity index (χ4v) is 3.81. The number of ketones is 1. The molecule has 180 valence electrons. The Hall–Kier alpha value is -4.17. The van der Waals surface area contributed by atoms with Crippen molar-refractivity contribution in [3.63, 3.8) is 0 Å². The van der Waals surface area contributed by atoms with Crippen molar-refractivity contribution in [2.75, 3.05) is 31.1 Å². The largest absolute Gasteiger partial charge is 0.493 e. The second-order valence-electron chi connectivity index (χ2n) is 7.85. The number of carbonyl (C=O) groups excluding carboxylic acids is 2. The molecule has 11 heteroatoms. The molecule has 1 aliphatic rings. The lowest BCUT2D eigenvalue weighted by Crippen LogP contribution is -2.45. The predicted molar refractivity (Wildman–Crippen MR) is 121 cm³/mol. The zero-order valence-corrected chi connectivity index (χ0v) is 18.6. The highest BCUT2D eigenvalue weighted by molar-refractivity contribution is 5.95. The number of hydrogen-bond acceptors (Lipinski definition) is 7. The van der Waals surface area contributed by atoms with E-state index >= 15 is 0 Å².